The Kier molecular flexibility index (Phi) is 11.8. The van der Waals surface area contributed by atoms with Gasteiger partial charge in [0.2, 0.25) is 5.91 Å². The number of halogens is 2. The van der Waals surface area contributed by atoms with E-state index in [1.807, 2.05) is 5.32 Å². The standard InChI is InChI=1S/C22H34F2N4O6/c1-6-33-19(34-7-2)12-27(13(3)4)20(29)14(5)28(15-8-9-16(23)17(24)10-15)21(30)18(11-25)26-22(31)32/h8-10,13-14,18-19,26H,6-7,11-12,25H2,1-5H3,(H,31,32). The summed E-state index contributed by atoms with van der Waals surface area (Å²) in [6.07, 6.45) is -2.22. The molecule has 0 bridgehead atoms. The Morgan fingerprint density at radius 1 is 1.06 bits per heavy atom. The second-order valence-corrected chi connectivity index (χ2v) is 7.64. The van der Waals surface area contributed by atoms with Crippen molar-refractivity contribution in [1.82, 2.24) is 10.2 Å². The SMILES string of the molecule is CCOC(CN(C(=O)C(C)N(C(=O)C(CN)NC(=O)O)c1ccc(F)c(F)c1)C(C)C)OCC. The van der Waals surface area contributed by atoms with Crippen LogP contribution in [-0.2, 0) is 19.1 Å². The van der Waals surface area contributed by atoms with Crippen LogP contribution < -0.4 is 16.0 Å². The van der Waals surface area contributed by atoms with E-state index in [2.05, 4.69) is 0 Å². The maximum absolute atomic E-state index is 14.0. The van der Waals surface area contributed by atoms with Crippen LogP contribution in [0.5, 0.6) is 0 Å². The minimum atomic E-state index is -1.51. The van der Waals surface area contributed by atoms with Crippen LogP contribution in [0.15, 0.2) is 18.2 Å². The van der Waals surface area contributed by atoms with Gasteiger partial charge in [-0.1, -0.05) is 0 Å². The Bertz CT molecular complexity index is 836. The third-order valence-electron chi connectivity index (χ3n) is 4.95. The molecule has 34 heavy (non-hydrogen) atoms. The molecule has 0 heterocycles. The Labute approximate surface area is 198 Å². The van der Waals surface area contributed by atoms with Gasteiger partial charge >= 0.3 is 6.09 Å². The first-order valence-electron chi connectivity index (χ1n) is 11.0. The van der Waals surface area contributed by atoms with Crippen LogP contribution in [0.1, 0.15) is 34.6 Å². The summed E-state index contributed by atoms with van der Waals surface area (Å²) in [6.45, 7) is 8.81. The zero-order valence-electron chi connectivity index (χ0n) is 20.1. The molecule has 0 radical (unpaired) electrons. The van der Waals surface area contributed by atoms with Crippen LogP contribution >= 0.6 is 0 Å². The quantitative estimate of drug-likeness (QED) is 0.361. The van der Waals surface area contributed by atoms with Crippen molar-refractivity contribution in [3.63, 3.8) is 0 Å². The van der Waals surface area contributed by atoms with Gasteiger partial charge in [-0.25, -0.2) is 13.6 Å². The van der Waals surface area contributed by atoms with Gasteiger partial charge in [-0.3, -0.25) is 14.5 Å². The fourth-order valence-electron chi connectivity index (χ4n) is 3.31. The highest BCUT2D eigenvalue weighted by atomic mass is 19.2. The predicted molar refractivity (Wildman–Crippen MR) is 121 cm³/mol. The van der Waals surface area contributed by atoms with Crippen LogP contribution in [-0.4, -0.2) is 78.6 Å². The summed E-state index contributed by atoms with van der Waals surface area (Å²) in [7, 11) is 0. The van der Waals surface area contributed by atoms with E-state index in [1.165, 1.54) is 11.8 Å². The molecule has 0 aliphatic carbocycles. The highest BCUT2D eigenvalue weighted by molar-refractivity contribution is 6.04. The van der Waals surface area contributed by atoms with Gasteiger partial charge in [-0.15, -0.1) is 0 Å². The highest BCUT2D eigenvalue weighted by Crippen LogP contribution is 2.23. The van der Waals surface area contributed by atoms with E-state index in [0.29, 0.717) is 13.2 Å². The van der Waals surface area contributed by atoms with E-state index in [-0.39, 0.29) is 18.3 Å². The lowest BCUT2D eigenvalue weighted by Crippen LogP contribution is -2.59. The molecule has 0 saturated carbocycles. The van der Waals surface area contributed by atoms with Gasteiger partial charge in [-0.05, 0) is 46.8 Å². The molecular formula is C22H34F2N4O6. The van der Waals surface area contributed by atoms with Crippen molar-refractivity contribution in [1.29, 1.82) is 0 Å². The second-order valence-electron chi connectivity index (χ2n) is 7.64. The third kappa shape index (κ3) is 7.89. The van der Waals surface area contributed by atoms with Crippen molar-refractivity contribution in [2.24, 2.45) is 5.73 Å². The van der Waals surface area contributed by atoms with Gasteiger partial charge in [0.25, 0.3) is 5.91 Å². The molecule has 12 heteroatoms. The van der Waals surface area contributed by atoms with Gasteiger partial charge in [0.05, 0.1) is 6.54 Å². The molecule has 192 valence electrons. The number of hydrogen-bond donors (Lipinski definition) is 3. The highest BCUT2D eigenvalue weighted by Gasteiger charge is 2.36. The summed E-state index contributed by atoms with van der Waals surface area (Å²) < 4.78 is 38.6. The largest absolute Gasteiger partial charge is 0.465 e. The summed E-state index contributed by atoms with van der Waals surface area (Å²) in [5, 5.41) is 11.0. The number of carbonyl (C=O) groups is 3. The average Bonchev–Trinajstić information content (AvgIpc) is 2.77. The minimum Gasteiger partial charge on any atom is -0.465 e. The van der Waals surface area contributed by atoms with E-state index < -0.39 is 54.5 Å². The van der Waals surface area contributed by atoms with E-state index in [1.54, 1.807) is 27.7 Å². The summed E-state index contributed by atoms with van der Waals surface area (Å²) in [5.41, 5.74) is 5.44. The van der Waals surface area contributed by atoms with Crippen molar-refractivity contribution in [2.45, 2.75) is 59.0 Å². The number of ether oxygens (including phenoxy) is 2. The lowest BCUT2D eigenvalue weighted by atomic mass is 10.1. The Morgan fingerprint density at radius 3 is 2.09 bits per heavy atom. The number of benzene rings is 1. The van der Waals surface area contributed by atoms with Crippen LogP contribution in [0.2, 0.25) is 0 Å². The lowest BCUT2D eigenvalue weighted by molar-refractivity contribution is -0.162. The van der Waals surface area contributed by atoms with Crippen molar-refractivity contribution >= 4 is 23.6 Å². The third-order valence-corrected chi connectivity index (χ3v) is 4.95. The molecule has 0 aliphatic heterocycles. The van der Waals surface area contributed by atoms with Gasteiger partial charge in [0, 0.05) is 37.6 Å². The molecule has 0 fully saturated rings. The molecule has 2 atom stereocenters. The number of amides is 3. The lowest BCUT2D eigenvalue weighted by Gasteiger charge is -2.37. The van der Waals surface area contributed by atoms with E-state index in [0.717, 1.165) is 23.1 Å². The maximum atomic E-state index is 14.0. The smallest absolute Gasteiger partial charge is 0.405 e. The fraction of sp³-hybridized carbons (Fsp3) is 0.591. The van der Waals surface area contributed by atoms with Crippen molar-refractivity contribution in [3.8, 4) is 0 Å². The molecule has 0 aromatic heterocycles. The molecule has 1 aromatic rings. The zero-order chi connectivity index (χ0) is 26.0. The first-order chi connectivity index (χ1) is 16.0. The van der Waals surface area contributed by atoms with Gasteiger partial charge in [0.1, 0.15) is 12.1 Å². The minimum absolute atomic E-state index is 0.0516. The number of carboxylic acid groups (broad SMARTS) is 1. The first kappa shape index (κ1) is 29.2. The molecule has 2 unspecified atom stereocenters. The van der Waals surface area contributed by atoms with Crippen molar-refractivity contribution in [2.75, 3.05) is 31.2 Å². The van der Waals surface area contributed by atoms with Crippen LogP contribution in [0.3, 0.4) is 0 Å². The average molecular weight is 489 g/mol. The fourth-order valence-corrected chi connectivity index (χ4v) is 3.31. The maximum Gasteiger partial charge on any atom is 0.405 e. The van der Waals surface area contributed by atoms with Crippen molar-refractivity contribution in [3.05, 3.63) is 29.8 Å². The predicted octanol–water partition coefficient (Wildman–Crippen LogP) is 1.92. The van der Waals surface area contributed by atoms with Crippen molar-refractivity contribution < 1.29 is 37.7 Å². The van der Waals surface area contributed by atoms with Crippen LogP contribution in [0.25, 0.3) is 0 Å². The van der Waals surface area contributed by atoms with E-state index in [4.69, 9.17) is 20.3 Å². The molecular weight excluding hydrogens is 454 g/mol. The number of nitrogens with two attached hydrogens (primary N) is 1. The van der Waals surface area contributed by atoms with Crippen LogP contribution in [0, 0.1) is 11.6 Å². The summed E-state index contributed by atoms with van der Waals surface area (Å²) >= 11 is 0. The Hall–Kier alpha value is -2.83. The zero-order valence-corrected chi connectivity index (χ0v) is 20.1. The van der Waals surface area contributed by atoms with E-state index >= 15 is 0 Å². The summed E-state index contributed by atoms with van der Waals surface area (Å²) in [5.74, 6) is -3.82. The number of nitrogens with zero attached hydrogens (tertiary/aromatic N) is 2. The summed E-state index contributed by atoms with van der Waals surface area (Å²) in [6, 6.07) is -0.292. The number of nitrogens with one attached hydrogen (secondary N) is 1. The number of anilines is 1. The summed E-state index contributed by atoms with van der Waals surface area (Å²) in [4.78, 5) is 40.2. The molecule has 0 saturated heterocycles. The Morgan fingerprint density at radius 2 is 1.65 bits per heavy atom. The topological polar surface area (TPSA) is 134 Å². The number of hydrogen-bond acceptors (Lipinski definition) is 6. The van der Waals surface area contributed by atoms with Gasteiger partial charge in [0.15, 0.2) is 17.9 Å². The number of carbonyl (C=O) groups excluding carboxylic acids is 2. The molecule has 1 aromatic carbocycles. The molecule has 4 N–H and O–H groups in total. The molecule has 0 spiro atoms. The van der Waals surface area contributed by atoms with E-state index in [9.17, 15) is 23.2 Å². The monoisotopic (exact) mass is 488 g/mol. The normalized spacial score (nSPS) is 13.0. The van der Waals surface area contributed by atoms with Gasteiger partial charge in [-0.2, -0.15) is 0 Å². The molecule has 10 nitrogen and oxygen atoms in total. The molecule has 1 rings (SSSR count). The Balaban J connectivity index is 3.42. The first-order valence-corrected chi connectivity index (χ1v) is 11.0. The molecule has 3 amide bonds. The number of rotatable bonds is 13. The van der Waals surface area contributed by atoms with Gasteiger partial charge < -0.3 is 30.5 Å². The second kappa shape index (κ2) is 13.8. The molecule has 0 aliphatic rings. The van der Waals surface area contributed by atoms with Crippen LogP contribution in [0.4, 0.5) is 19.3 Å².